The molecule has 0 bridgehead atoms. The zero-order chi connectivity index (χ0) is 20.1. The third kappa shape index (κ3) is 3.96. The number of hydrogen-bond acceptors (Lipinski definition) is 4. The number of fused-ring (bicyclic) bond motifs is 1. The normalized spacial score (nSPS) is 17.5. The zero-order valence-corrected chi connectivity index (χ0v) is 16.2. The first kappa shape index (κ1) is 19.7. The van der Waals surface area contributed by atoms with Crippen LogP contribution in [-0.4, -0.2) is 24.1 Å². The van der Waals surface area contributed by atoms with E-state index in [1.165, 1.54) is 5.56 Å². The van der Waals surface area contributed by atoms with E-state index in [9.17, 15) is 14.4 Å². The van der Waals surface area contributed by atoms with Gasteiger partial charge in [-0.25, -0.2) is 0 Å². The van der Waals surface area contributed by atoms with E-state index in [2.05, 4.69) is 6.92 Å². The Kier molecular flexibility index (Phi) is 6.19. The Morgan fingerprint density at radius 1 is 1.00 bits per heavy atom. The molecule has 0 saturated heterocycles. The summed E-state index contributed by atoms with van der Waals surface area (Å²) in [5.41, 5.74) is 2.78. The molecule has 0 saturated carbocycles. The molecule has 2 aromatic rings. The summed E-state index contributed by atoms with van der Waals surface area (Å²) in [6, 6.07) is 14.5. The van der Waals surface area contributed by atoms with Crippen LogP contribution in [0.1, 0.15) is 58.5 Å². The van der Waals surface area contributed by atoms with Crippen molar-refractivity contribution < 1.29 is 19.1 Å². The van der Waals surface area contributed by atoms with E-state index < -0.39 is 11.9 Å². The number of benzene rings is 2. The minimum absolute atomic E-state index is 0.151. The molecule has 1 atom stereocenters. The molecule has 1 aliphatic rings. The second-order valence-corrected chi connectivity index (χ2v) is 6.87. The Morgan fingerprint density at radius 3 is 2.32 bits per heavy atom. The molecule has 0 fully saturated rings. The fourth-order valence-electron chi connectivity index (χ4n) is 3.43. The summed E-state index contributed by atoms with van der Waals surface area (Å²) in [5, 5.41) is 0. The highest BCUT2D eigenvalue weighted by atomic mass is 16.5. The van der Waals surface area contributed by atoms with Gasteiger partial charge in [-0.3, -0.25) is 14.4 Å². The van der Waals surface area contributed by atoms with Crippen molar-refractivity contribution in [1.82, 2.24) is 0 Å². The quantitative estimate of drug-likeness (QED) is 0.417. The van der Waals surface area contributed by atoms with E-state index in [1.807, 2.05) is 24.3 Å². The van der Waals surface area contributed by atoms with Gasteiger partial charge in [-0.2, -0.15) is 0 Å². The van der Waals surface area contributed by atoms with Crippen LogP contribution in [0.5, 0.6) is 0 Å². The number of ketones is 2. The lowest BCUT2D eigenvalue weighted by atomic mass is 9.77. The van der Waals surface area contributed by atoms with Gasteiger partial charge in [-0.15, -0.1) is 0 Å². The lowest BCUT2D eigenvalue weighted by molar-refractivity contribution is -0.144. The van der Waals surface area contributed by atoms with E-state index in [-0.39, 0.29) is 29.3 Å². The summed E-state index contributed by atoms with van der Waals surface area (Å²) < 4.78 is 5.09. The molecular formula is C24H24O4. The monoisotopic (exact) mass is 376 g/mol. The number of rotatable bonds is 6. The molecule has 0 aliphatic heterocycles. The van der Waals surface area contributed by atoms with Crippen LogP contribution < -0.4 is 0 Å². The maximum absolute atomic E-state index is 13.1. The fourth-order valence-corrected chi connectivity index (χ4v) is 3.43. The van der Waals surface area contributed by atoms with Crippen molar-refractivity contribution in [3.05, 3.63) is 76.4 Å². The zero-order valence-electron chi connectivity index (χ0n) is 16.2. The number of unbranched alkanes of at least 4 members (excludes halogenated alkanes) is 1. The van der Waals surface area contributed by atoms with E-state index >= 15 is 0 Å². The molecule has 1 unspecified atom stereocenters. The number of esters is 1. The molecule has 3 rings (SSSR count). The smallest absolute Gasteiger partial charge is 0.321 e. The molecule has 0 N–H and O–H groups in total. The largest absolute Gasteiger partial charge is 0.465 e. The molecule has 0 amide bonds. The first-order valence-electron chi connectivity index (χ1n) is 9.72. The summed E-state index contributed by atoms with van der Waals surface area (Å²) in [6.07, 6.45) is 4.89. The van der Waals surface area contributed by atoms with Crippen molar-refractivity contribution in [1.29, 1.82) is 0 Å². The Bertz CT molecular complexity index is 922. The number of hydrogen-bond donors (Lipinski definition) is 0. The standard InChI is InChI=1S/C24H24O4/c1-3-5-8-16-11-13-17(14-12-16)15-20-21(24(27)28-4-2)23(26)19-10-7-6-9-18(19)22(20)25/h6-7,9-15,21H,3-5,8H2,1-2H3/b20-15-. The van der Waals surface area contributed by atoms with Gasteiger partial charge in [0.25, 0.3) is 0 Å². The van der Waals surface area contributed by atoms with E-state index in [1.54, 1.807) is 37.3 Å². The van der Waals surface area contributed by atoms with Gasteiger partial charge in [0.05, 0.1) is 6.61 Å². The average Bonchev–Trinajstić information content (AvgIpc) is 2.71. The van der Waals surface area contributed by atoms with Gasteiger partial charge in [0, 0.05) is 16.7 Å². The fraction of sp³-hybridized carbons (Fsp3) is 0.292. The summed E-state index contributed by atoms with van der Waals surface area (Å²) in [7, 11) is 0. The minimum atomic E-state index is -1.22. The second kappa shape index (κ2) is 8.79. The predicted molar refractivity (Wildman–Crippen MR) is 108 cm³/mol. The van der Waals surface area contributed by atoms with Gasteiger partial charge in [0.1, 0.15) is 5.92 Å². The lowest BCUT2D eigenvalue weighted by Crippen LogP contribution is -2.36. The SMILES string of the molecule is CCCCc1ccc(/C=C2\C(=O)c3ccccc3C(=O)C2C(=O)OCC)cc1. The highest BCUT2D eigenvalue weighted by Gasteiger charge is 2.42. The van der Waals surface area contributed by atoms with Gasteiger partial charge in [-0.05, 0) is 37.0 Å². The number of aryl methyl sites for hydroxylation is 1. The van der Waals surface area contributed by atoms with Crippen LogP contribution in [0.3, 0.4) is 0 Å². The first-order valence-corrected chi connectivity index (χ1v) is 9.72. The van der Waals surface area contributed by atoms with Crippen molar-refractivity contribution in [2.75, 3.05) is 6.61 Å². The molecular weight excluding hydrogens is 352 g/mol. The molecule has 2 aromatic carbocycles. The highest BCUT2D eigenvalue weighted by Crippen LogP contribution is 2.32. The number of carbonyl (C=O) groups excluding carboxylic acids is 3. The van der Waals surface area contributed by atoms with Crippen molar-refractivity contribution in [3.63, 3.8) is 0 Å². The van der Waals surface area contributed by atoms with Crippen molar-refractivity contribution in [2.45, 2.75) is 33.1 Å². The van der Waals surface area contributed by atoms with Crippen molar-refractivity contribution in [3.8, 4) is 0 Å². The molecule has 0 spiro atoms. The predicted octanol–water partition coefficient (Wildman–Crippen LogP) is 4.67. The topological polar surface area (TPSA) is 60.4 Å². The minimum Gasteiger partial charge on any atom is -0.465 e. The second-order valence-electron chi connectivity index (χ2n) is 6.87. The maximum Gasteiger partial charge on any atom is 0.321 e. The number of ether oxygens (including phenoxy) is 1. The Hall–Kier alpha value is -3.01. The van der Waals surface area contributed by atoms with Crippen LogP contribution in [0.25, 0.3) is 6.08 Å². The van der Waals surface area contributed by atoms with Crippen molar-refractivity contribution in [2.24, 2.45) is 5.92 Å². The summed E-state index contributed by atoms with van der Waals surface area (Å²) in [5.74, 6) is -2.59. The molecule has 0 aromatic heterocycles. The van der Waals surface area contributed by atoms with Gasteiger partial charge < -0.3 is 4.74 Å². The molecule has 1 aliphatic carbocycles. The summed E-state index contributed by atoms with van der Waals surface area (Å²) >= 11 is 0. The van der Waals surface area contributed by atoms with Gasteiger partial charge in [0.15, 0.2) is 11.6 Å². The number of carbonyl (C=O) groups is 3. The van der Waals surface area contributed by atoms with Crippen LogP contribution in [0.2, 0.25) is 0 Å². The molecule has 4 heteroatoms. The van der Waals surface area contributed by atoms with E-state index in [0.717, 1.165) is 24.8 Å². The third-order valence-corrected chi connectivity index (χ3v) is 4.92. The first-order chi connectivity index (χ1) is 13.6. The average molecular weight is 376 g/mol. The third-order valence-electron chi connectivity index (χ3n) is 4.92. The van der Waals surface area contributed by atoms with Crippen LogP contribution in [-0.2, 0) is 16.0 Å². The Labute approximate surface area is 165 Å². The number of Topliss-reactive ketones (excluding diaryl/α,β-unsaturated/α-hetero) is 2. The summed E-state index contributed by atoms with van der Waals surface area (Å²) in [4.78, 5) is 38.5. The highest BCUT2D eigenvalue weighted by molar-refractivity contribution is 6.29. The molecule has 0 radical (unpaired) electrons. The van der Waals surface area contributed by atoms with Crippen LogP contribution in [0.15, 0.2) is 54.1 Å². The van der Waals surface area contributed by atoms with Crippen LogP contribution in [0, 0.1) is 5.92 Å². The summed E-state index contributed by atoms with van der Waals surface area (Å²) in [6.45, 7) is 3.98. The van der Waals surface area contributed by atoms with Gasteiger partial charge in [0.2, 0.25) is 0 Å². The molecule has 144 valence electrons. The van der Waals surface area contributed by atoms with Crippen molar-refractivity contribution >= 4 is 23.6 Å². The Balaban J connectivity index is 2.02. The molecule has 4 nitrogen and oxygen atoms in total. The van der Waals surface area contributed by atoms with Crippen LogP contribution >= 0.6 is 0 Å². The maximum atomic E-state index is 13.1. The Morgan fingerprint density at radius 2 is 1.68 bits per heavy atom. The molecule has 0 heterocycles. The van der Waals surface area contributed by atoms with Crippen LogP contribution in [0.4, 0.5) is 0 Å². The van der Waals surface area contributed by atoms with E-state index in [4.69, 9.17) is 4.74 Å². The molecule has 28 heavy (non-hydrogen) atoms. The van der Waals surface area contributed by atoms with Gasteiger partial charge in [-0.1, -0.05) is 61.9 Å². The van der Waals surface area contributed by atoms with E-state index in [0.29, 0.717) is 5.56 Å². The lowest BCUT2D eigenvalue weighted by Gasteiger charge is -2.24. The van der Waals surface area contributed by atoms with Gasteiger partial charge >= 0.3 is 5.97 Å².